The van der Waals surface area contributed by atoms with Crippen molar-refractivity contribution in [3.8, 4) is 0 Å². The topological polar surface area (TPSA) is 36.4 Å². The van der Waals surface area contributed by atoms with Crippen LogP contribution in [0.5, 0.6) is 0 Å². The van der Waals surface area contributed by atoms with E-state index in [9.17, 15) is 5.11 Å². The minimum atomic E-state index is -0.263. The lowest BCUT2D eigenvalue weighted by Crippen LogP contribution is -2.37. The molecule has 1 atom stereocenters. The first-order valence-corrected chi connectivity index (χ1v) is 7.74. The van der Waals surface area contributed by atoms with Crippen LogP contribution in [0.1, 0.15) is 49.4 Å². The van der Waals surface area contributed by atoms with Crippen molar-refractivity contribution in [3.63, 3.8) is 0 Å². The van der Waals surface area contributed by atoms with Gasteiger partial charge >= 0.3 is 0 Å². The van der Waals surface area contributed by atoms with Crippen molar-refractivity contribution in [1.29, 1.82) is 0 Å². The summed E-state index contributed by atoms with van der Waals surface area (Å²) < 4.78 is 0. The molecule has 0 saturated carbocycles. The number of hydrogen-bond acceptors (Lipinski definition) is 4. The minimum absolute atomic E-state index is 0.263. The molecule has 1 N–H and O–H groups in total. The predicted molar refractivity (Wildman–Crippen MR) is 76.2 cm³/mol. The van der Waals surface area contributed by atoms with Gasteiger partial charge in [0.2, 0.25) is 0 Å². The SMILES string of the molecule is CC(O)Cc1cnc(C2CCN(C(C)C)CC2)s1. The van der Waals surface area contributed by atoms with E-state index in [0.717, 1.165) is 6.42 Å². The Balaban J connectivity index is 1.91. The van der Waals surface area contributed by atoms with Crippen molar-refractivity contribution in [3.05, 3.63) is 16.1 Å². The van der Waals surface area contributed by atoms with Gasteiger partial charge in [0.25, 0.3) is 0 Å². The highest BCUT2D eigenvalue weighted by Gasteiger charge is 2.24. The molecule has 1 aromatic heterocycles. The average Bonchev–Trinajstić information content (AvgIpc) is 2.76. The van der Waals surface area contributed by atoms with Gasteiger partial charge in [-0.1, -0.05) is 0 Å². The Hall–Kier alpha value is -0.450. The molecule has 1 unspecified atom stereocenters. The van der Waals surface area contributed by atoms with Crippen LogP contribution in [0.15, 0.2) is 6.20 Å². The number of thiazole rings is 1. The molecular formula is C14H24N2OS. The summed E-state index contributed by atoms with van der Waals surface area (Å²) in [7, 11) is 0. The van der Waals surface area contributed by atoms with Gasteiger partial charge in [0.15, 0.2) is 0 Å². The predicted octanol–water partition coefficient (Wildman–Crippen LogP) is 2.65. The first-order chi connectivity index (χ1) is 8.56. The van der Waals surface area contributed by atoms with Crippen LogP contribution in [0.2, 0.25) is 0 Å². The van der Waals surface area contributed by atoms with Crippen LogP contribution in [-0.4, -0.2) is 40.2 Å². The Morgan fingerprint density at radius 1 is 1.39 bits per heavy atom. The molecular weight excluding hydrogens is 244 g/mol. The summed E-state index contributed by atoms with van der Waals surface area (Å²) in [5.74, 6) is 0.632. The summed E-state index contributed by atoms with van der Waals surface area (Å²) in [4.78, 5) is 8.31. The van der Waals surface area contributed by atoms with E-state index in [1.807, 2.05) is 13.1 Å². The van der Waals surface area contributed by atoms with E-state index in [4.69, 9.17) is 0 Å². The molecule has 1 aromatic rings. The highest BCUT2D eigenvalue weighted by atomic mass is 32.1. The molecule has 0 radical (unpaired) electrons. The van der Waals surface area contributed by atoms with Crippen LogP contribution in [0, 0.1) is 0 Å². The highest BCUT2D eigenvalue weighted by Crippen LogP contribution is 2.31. The van der Waals surface area contributed by atoms with E-state index in [1.54, 1.807) is 11.3 Å². The lowest BCUT2D eigenvalue weighted by Gasteiger charge is -2.33. The lowest BCUT2D eigenvalue weighted by molar-refractivity contribution is 0.172. The molecule has 0 aliphatic carbocycles. The van der Waals surface area contributed by atoms with Crippen LogP contribution in [0.25, 0.3) is 0 Å². The fraction of sp³-hybridized carbons (Fsp3) is 0.786. The maximum Gasteiger partial charge on any atom is 0.0959 e. The first-order valence-electron chi connectivity index (χ1n) is 6.93. The Morgan fingerprint density at radius 3 is 2.61 bits per heavy atom. The second-order valence-corrected chi connectivity index (χ2v) is 6.77. The highest BCUT2D eigenvalue weighted by molar-refractivity contribution is 7.11. The van der Waals surface area contributed by atoms with Gasteiger partial charge in [-0.3, -0.25) is 0 Å². The van der Waals surface area contributed by atoms with E-state index in [-0.39, 0.29) is 6.10 Å². The number of nitrogens with zero attached hydrogens (tertiary/aromatic N) is 2. The molecule has 18 heavy (non-hydrogen) atoms. The van der Waals surface area contributed by atoms with Crippen molar-refractivity contribution in [2.45, 2.75) is 58.1 Å². The molecule has 1 fully saturated rings. The second-order valence-electron chi connectivity index (χ2n) is 5.62. The Morgan fingerprint density at radius 2 is 2.06 bits per heavy atom. The van der Waals surface area contributed by atoms with E-state index in [0.29, 0.717) is 12.0 Å². The molecule has 1 aliphatic heterocycles. The number of aromatic nitrogens is 1. The van der Waals surface area contributed by atoms with Crippen molar-refractivity contribution < 1.29 is 5.11 Å². The molecule has 0 bridgehead atoms. The standard InChI is InChI=1S/C14H24N2OS/c1-10(2)16-6-4-12(5-7-16)14-15-9-13(18-14)8-11(3)17/h9-12,17H,4-8H2,1-3H3. The number of aliphatic hydroxyl groups is 1. The molecule has 0 amide bonds. The Labute approximate surface area is 114 Å². The van der Waals surface area contributed by atoms with Crippen LogP contribution < -0.4 is 0 Å². The second kappa shape index (κ2) is 6.13. The van der Waals surface area contributed by atoms with E-state index in [2.05, 4.69) is 23.7 Å². The van der Waals surface area contributed by atoms with Crippen molar-refractivity contribution in [1.82, 2.24) is 9.88 Å². The lowest BCUT2D eigenvalue weighted by atomic mass is 9.97. The van der Waals surface area contributed by atoms with Crippen LogP contribution in [0.3, 0.4) is 0 Å². The molecule has 0 spiro atoms. The zero-order chi connectivity index (χ0) is 13.1. The molecule has 1 aliphatic rings. The van der Waals surface area contributed by atoms with Crippen LogP contribution in [-0.2, 0) is 6.42 Å². The van der Waals surface area contributed by atoms with E-state index >= 15 is 0 Å². The van der Waals surface area contributed by atoms with Gasteiger partial charge in [0.1, 0.15) is 0 Å². The summed E-state index contributed by atoms with van der Waals surface area (Å²) in [6.07, 6.45) is 4.87. The van der Waals surface area contributed by atoms with Gasteiger partial charge in [0, 0.05) is 29.5 Å². The number of likely N-dealkylation sites (tertiary alicyclic amines) is 1. The average molecular weight is 268 g/mol. The third kappa shape index (κ3) is 3.53. The largest absolute Gasteiger partial charge is 0.393 e. The van der Waals surface area contributed by atoms with Gasteiger partial charge in [-0.25, -0.2) is 4.98 Å². The van der Waals surface area contributed by atoms with Gasteiger partial charge < -0.3 is 10.0 Å². The summed E-state index contributed by atoms with van der Waals surface area (Å²) in [6, 6.07) is 0.660. The molecule has 3 nitrogen and oxygen atoms in total. The molecule has 4 heteroatoms. The van der Waals surface area contributed by atoms with Gasteiger partial charge in [0.05, 0.1) is 11.1 Å². The number of piperidine rings is 1. The number of hydrogen-bond donors (Lipinski definition) is 1. The minimum Gasteiger partial charge on any atom is -0.393 e. The maximum absolute atomic E-state index is 9.39. The quantitative estimate of drug-likeness (QED) is 0.912. The van der Waals surface area contributed by atoms with Gasteiger partial charge in [-0.05, 0) is 46.7 Å². The van der Waals surface area contributed by atoms with Crippen LogP contribution >= 0.6 is 11.3 Å². The van der Waals surface area contributed by atoms with Gasteiger partial charge in [-0.2, -0.15) is 0 Å². The summed E-state index contributed by atoms with van der Waals surface area (Å²) in [6.45, 7) is 8.75. The van der Waals surface area contributed by atoms with E-state index < -0.39 is 0 Å². The van der Waals surface area contributed by atoms with Crippen molar-refractivity contribution in [2.75, 3.05) is 13.1 Å². The summed E-state index contributed by atoms with van der Waals surface area (Å²) in [5.41, 5.74) is 0. The maximum atomic E-state index is 9.39. The number of rotatable bonds is 4. The first kappa shape index (κ1) is 14.0. The summed E-state index contributed by atoms with van der Waals surface area (Å²) >= 11 is 1.79. The number of aliphatic hydroxyl groups excluding tert-OH is 1. The summed E-state index contributed by atoms with van der Waals surface area (Å²) in [5, 5.41) is 10.7. The monoisotopic (exact) mass is 268 g/mol. The van der Waals surface area contributed by atoms with Crippen molar-refractivity contribution >= 4 is 11.3 Å². The fourth-order valence-corrected chi connectivity index (χ4v) is 3.77. The zero-order valence-corrected chi connectivity index (χ0v) is 12.4. The Kier molecular flexibility index (Phi) is 4.76. The smallest absolute Gasteiger partial charge is 0.0959 e. The molecule has 2 rings (SSSR count). The molecule has 0 aromatic carbocycles. The zero-order valence-electron chi connectivity index (χ0n) is 11.6. The van der Waals surface area contributed by atoms with Crippen LogP contribution in [0.4, 0.5) is 0 Å². The van der Waals surface area contributed by atoms with Gasteiger partial charge in [-0.15, -0.1) is 11.3 Å². The third-order valence-electron chi connectivity index (χ3n) is 3.68. The van der Waals surface area contributed by atoms with E-state index in [1.165, 1.54) is 35.8 Å². The Bertz CT molecular complexity index is 368. The molecule has 2 heterocycles. The normalized spacial score (nSPS) is 20.5. The third-order valence-corrected chi connectivity index (χ3v) is 4.86. The van der Waals surface area contributed by atoms with Crippen molar-refractivity contribution in [2.24, 2.45) is 0 Å². The fourth-order valence-electron chi connectivity index (χ4n) is 2.56. The molecule has 102 valence electrons. The molecule has 1 saturated heterocycles.